The highest BCUT2D eigenvalue weighted by Gasteiger charge is 2.16. The predicted molar refractivity (Wildman–Crippen MR) is 102 cm³/mol. The van der Waals surface area contributed by atoms with Gasteiger partial charge in [0.2, 0.25) is 11.7 Å². The number of likely N-dealkylation sites (tertiary alicyclic amines) is 1. The molecule has 27 heavy (non-hydrogen) atoms. The average Bonchev–Trinajstić information content (AvgIpc) is 3.15. The van der Waals surface area contributed by atoms with Crippen molar-refractivity contribution in [3.8, 4) is 11.4 Å². The highest BCUT2D eigenvalue weighted by Crippen LogP contribution is 2.16. The van der Waals surface area contributed by atoms with Crippen LogP contribution in [0.5, 0.6) is 0 Å². The molecule has 0 bridgehead atoms. The van der Waals surface area contributed by atoms with Crippen molar-refractivity contribution >= 4 is 6.03 Å². The van der Waals surface area contributed by atoms with Crippen molar-refractivity contribution in [1.82, 2.24) is 30.2 Å². The van der Waals surface area contributed by atoms with E-state index in [4.69, 9.17) is 4.52 Å². The van der Waals surface area contributed by atoms with Crippen LogP contribution in [0, 0.1) is 5.92 Å². The van der Waals surface area contributed by atoms with Crippen molar-refractivity contribution in [1.29, 1.82) is 0 Å². The predicted octanol–water partition coefficient (Wildman–Crippen LogP) is 2.40. The quantitative estimate of drug-likeness (QED) is 0.751. The largest absolute Gasteiger partial charge is 0.338 e. The standard InChI is InChI=1S/C19H28N6O2/c1-15-6-12-25(13-7-15)11-3-8-21-19(26)24(2)14-17-22-18(23-27-17)16-4-9-20-10-5-16/h4-5,9-10,15H,3,6-8,11-14H2,1-2H3,(H,21,26). The first-order valence-electron chi connectivity index (χ1n) is 9.56. The zero-order valence-electron chi connectivity index (χ0n) is 16.1. The van der Waals surface area contributed by atoms with Crippen molar-refractivity contribution in [3.63, 3.8) is 0 Å². The molecule has 0 aliphatic carbocycles. The third-order valence-electron chi connectivity index (χ3n) is 4.93. The Balaban J connectivity index is 1.37. The zero-order chi connectivity index (χ0) is 19.1. The molecule has 0 aromatic carbocycles. The van der Waals surface area contributed by atoms with Crippen LogP contribution < -0.4 is 5.32 Å². The fourth-order valence-corrected chi connectivity index (χ4v) is 3.13. The minimum Gasteiger partial charge on any atom is -0.338 e. The lowest BCUT2D eigenvalue weighted by atomic mass is 9.99. The summed E-state index contributed by atoms with van der Waals surface area (Å²) < 4.78 is 5.24. The first kappa shape index (κ1) is 19.3. The number of urea groups is 1. The molecule has 146 valence electrons. The number of nitrogens with one attached hydrogen (secondary N) is 1. The van der Waals surface area contributed by atoms with Crippen molar-refractivity contribution < 1.29 is 9.32 Å². The molecule has 2 amide bonds. The number of amides is 2. The minimum absolute atomic E-state index is 0.133. The van der Waals surface area contributed by atoms with Crippen molar-refractivity contribution in [3.05, 3.63) is 30.4 Å². The number of carbonyl (C=O) groups excluding carboxylic acids is 1. The number of piperidine rings is 1. The van der Waals surface area contributed by atoms with E-state index >= 15 is 0 Å². The number of pyridine rings is 1. The van der Waals surface area contributed by atoms with Gasteiger partial charge in [-0.25, -0.2) is 4.79 Å². The van der Waals surface area contributed by atoms with E-state index in [1.165, 1.54) is 25.9 Å². The lowest BCUT2D eigenvalue weighted by Gasteiger charge is -2.30. The molecule has 1 aliphatic heterocycles. The summed E-state index contributed by atoms with van der Waals surface area (Å²) in [5.41, 5.74) is 0.833. The third kappa shape index (κ3) is 5.75. The third-order valence-corrected chi connectivity index (χ3v) is 4.93. The van der Waals surface area contributed by atoms with Gasteiger partial charge in [0.25, 0.3) is 0 Å². The van der Waals surface area contributed by atoms with Crippen LogP contribution >= 0.6 is 0 Å². The van der Waals surface area contributed by atoms with Gasteiger partial charge in [0.05, 0.1) is 0 Å². The second-order valence-corrected chi connectivity index (χ2v) is 7.21. The fourth-order valence-electron chi connectivity index (χ4n) is 3.13. The van der Waals surface area contributed by atoms with Crippen LogP contribution in [0.4, 0.5) is 4.79 Å². The molecule has 1 N–H and O–H groups in total. The first-order chi connectivity index (χ1) is 13.1. The molecule has 3 rings (SSSR count). The Hall–Kier alpha value is -2.48. The summed E-state index contributed by atoms with van der Waals surface area (Å²) >= 11 is 0. The molecule has 2 aromatic heterocycles. The fraction of sp³-hybridized carbons (Fsp3) is 0.579. The van der Waals surface area contributed by atoms with Crippen molar-refractivity contribution in [2.45, 2.75) is 32.7 Å². The Morgan fingerprint density at radius 3 is 2.81 bits per heavy atom. The number of rotatable bonds is 7. The monoisotopic (exact) mass is 372 g/mol. The van der Waals surface area contributed by atoms with E-state index < -0.39 is 0 Å². The maximum atomic E-state index is 12.2. The molecular formula is C19H28N6O2. The van der Waals surface area contributed by atoms with Gasteiger partial charge in [0, 0.05) is 31.5 Å². The number of aromatic nitrogens is 3. The van der Waals surface area contributed by atoms with Crippen LogP contribution in [0.1, 0.15) is 32.1 Å². The van der Waals surface area contributed by atoms with Crippen LogP contribution in [0.15, 0.2) is 29.0 Å². The van der Waals surface area contributed by atoms with E-state index in [-0.39, 0.29) is 12.6 Å². The van der Waals surface area contributed by atoms with Gasteiger partial charge in [-0.1, -0.05) is 12.1 Å². The van der Waals surface area contributed by atoms with Gasteiger partial charge >= 0.3 is 6.03 Å². The topological polar surface area (TPSA) is 87.4 Å². The van der Waals surface area contributed by atoms with Crippen LogP contribution in [0.2, 0.25) is 0 Å². The zero-order valence-corrected chi connectivity index (χ0v) is 16.1. The smallest absolute Gasteiger partial charge is 0.317 e. The van der Waals surface area contributed by atoms with E-state index in [2.05, 4.69) is 32.3 Å². The number of nitrogens with zero attached hydrogens (tertiary/aromatic N) is 5. The summed E-state index contributed by atoms with van der Waals surface area (Å²) in [6, 6.07) is 3.49. The summed E-state index contributed by atoms with van der Waals surface area (Å²) in [5, 5.41) is 6.91. The number of hydrogen-bond acceptors (Lipinski definition) is 6. The summed E-state index contributed by atoms with van der Waals surface area (Å²) in [6.45, 7) is 6.64. The molecule has 0 saturated carbocycles. The van der Waals surface area contributed by atoms with Crippen molar-refractivity contribution in [2.75, 3.05) is 33.2 Å². The average molecular weight is 372 g/mol. The minimum atomic E-state index is -0.133. The molecule has 3 heterocycles. The molecular weight excluding hydrogens is 344 g/mol. The van der Waals surface area contributed by atoms with E-state index in [9.17, 15) is 4.79 Å². The van der Waals surface area contributed by atoms with Gasteiger partial charge in [-0.3, -0.25) is 4.98 Å². The molecule has 1 fully saturated rings. The van der Waals surface area contributed by atoms with Crippen LogP contribution in [0.3, 0.4) is 0 Å². The molecule has 0 unspecified atom stereocenters. The Labute approximate surface area is 159 Å². The summed E-state index contributed by atoms with van der Waals surface area (Å²) in [5.74, 6) is 1.75. The summed E-state index contributed by atoms with van der Waals surface area (Å²) in [7, 11) is 1.72. The maximum Gasteiger partial charge on any atom is 0.317 e. The molecule has 0 radical (unpaired) electrons. The molecule has 1 saturated heterocycles. The first-order valence-corrected chi connectivity index (χ1v) is 9.56. The summed E-state index contributed by atoms with van der Waals surface area (Å²) in [4.78, 5) is 24.6. The molecule has 8 heteroatoms. The van der Waals surface area contributed by atoms with Gasteiger partial charge in [-0.05, 0) is 56.9 Å². The van der Waals surface area contributed by atoms with Crippen molar-refractivity contribution in [2.24, 2.45) is 5.92 Å². The Morgan fingerprint density at radius 2 is 2.07 bits per heavy atom. The highest BCUT2D eigenvalue weighted by molar-refractivity contribution is 5.73. The second-order valence-electron chi connectivity index (χ2n) is 7.21. The second kappa shape index (κ2) is 9.45. The molecule has 1 aliphatic rings. The lowest BCUT2D eigenvalue weighted by molar-refractivity contribution is 0.185. The van der Waals surface area contributed by atoms with Crippen LogP contribution in [-0.2, 0) is 6.54 Å². The maximum absolute atomic E-state index is 12.2. The SMILES string of the molecule is CC1CCN(CCCNC(=O)N(C)Cc2nc(-c3ccncc3)no2)CC1. The molecule has 8 nitrogen and oxygen atoms in total. The normalized spacial score (nSPS) is 15.6. The van der Waals surface area contributed by atoms with Crippen LogP contribution in [-0.4, -0.2) is 64.2 Å². The van der Waals surface area contributed by atoms with E-state index in [1.807, 2.05) is 12.1 Å². The Morgan fingerprint density at radius 1 is 1.33 bits per heavy atom. The van der Waals surface area contributed by atoms with Gasteiger partial charge in [-0.2, -0.15) is 4.98 Å². The van der Waals surface area contributed by atoms with E-state index in [0.29, 0.717) is 18.3 Å². The Bertz CT molecular complexity index is 712. The highest BCUT2D eigenvalue weighted by atomic mass is 16.5. The number of carbonyl (C=O) groups is 1. The van der Waals surface area contributed by atoms with Crippen LogP contribution in [0.25, 0.3) is 11.4 Å². The molecule has 0 spiro atoms. The van der Waals surface area contributed by atoms with Gasteiger partial charge in [0.15, 0.2) is 0 Å². The van der Waals surface area contributed by atoms with Gasteiger partial charge in [0.1, 0.15) is 6.54 Å². The van der Waals surface area contributed by atoms with E-state index in [1.54, 1.807) is 24.3 Å². The summed E-state index contributed by atoms with van der Waals surface area (Å²) in [6.07, 6.45) is 6.87. The molecule has 0 atom stereocenters. The molecule has 2 aromatic rings. The lowest BCUT2D eigenvalue weighted by Crippen LogP contribution is -2.39. The number of hydrogen-bond donors (Lipinski definition) is 1. The van der Waals surface area contributed by atoms with Gasteiger partial charge in [-0.15, -0.1) is 0 Å². The van der Waals surface area contributed by atoms with Gasteiger partial charge < -0.3 is 19.6 Å². The van der Waals surface area contributed by atoms with E-state index in [0.717, 1.165) is 24.4 Å². The Kier molecular flexibility index (Phi) is 6.75.